The van der Waals surface area contributed by atoms with E-state index in [1.807, 2.05) is 20.8 Å². The van der Waals surface area contributed by atoms with Gasteiger partial charge >= 0.3 is 0 Å². The number of hydrogen-bond acceptors (Lipinski definition) is 6. The summed E-state index contributed by atoms with van der Waals surface area (Å²) in [6.45, 7) is 9.77. The lowest BCUT2D eigenvalue weighted by Gasteiger charge is -2.17. The summed E-state index contributed by atoms with van der Waals surface area (Å²) in [6, 6.07) is 1.52. The fourth-order valence-electron chi connectivity index (χ4n) is 1.99. The van der Waals surface area contributed by atoms with Crippen LogP contribution < -0.4 is 5.56 Å². The van der Waals surface area contributed by atoms with Crippen molar-refractivity contribution in [2.45, 2.75) is 46.7 Å². The molecule has 2 rings (SSSR count). The van der Waals surface area contributed by atoms with Gasteiger partial charge in [-0.1, -0.05) is 25.9 Å². The number of aryl methyl sites for hydroxylation is 1. The van der Waals surface area contributed by atoms with Crippen molar-refractivity contribution in [3.63, 3.8) is 0 Å². The maximum absolute atomic E-state index is 11.5. The highest BCUT2D eigenvalue weighted by Crippen LogP contribution is 2.12. The molecule has 0 bridgehead atoms. The highest BCUT2D eigenvalue weighted by molar-refractivity contribution is 5.02. The van der Waals surface area contributed by atoms with Crippen LogP contribution in [0.15, 0.2) is 15.4 Å². The van der Waals surface area contributed by atoms with Crippen LogP contribution >= 0.6 is 0 Å². The van der Waals surface area contributed by atoms with E-state index >= 15 is 0 Å². The van der Waals surface area contributed by atoms with E-state index < -0.39 is 0 Å². The molecule has 7 nitrogen and oxygen atoms in total. The van der Waals surface area contributed by atoms with Crippen LogP contribution in [-0.4, -0.2) is 31.6 Å². The molecule has 0 saturated carbocycles. The van der Waals surface area contributed by atoms with E-state index in [4.69, 9.17) is 4.52 Å². The van der Waals surface area contributed by atoms with Crippen LogP contribution in [0.1, 0.15) is 49.9 Å². The third kappa shape index (κ3) is 4.22. The molecular weight excluding hydrogens is 270 g/mol. The Hall–Kier alpha value is -2.02. The molecule has 114 valence electrons. The SMILES string of the molecule is CCN(Cc1cc(=O)[nH]c(C)n1)Cc1nc(C(C)C)no1. The summed E-state index contributed by atoms with van der Waals surface area (Å²) in [6.07, 6.45) is 0. The van der Waals surface area contributed by atoms with Crippen molar-refractivity contribution in [2.75, 3.05) is 6.54 Å². The zero-order valence-electron chi connectivity index (χ0n) is 12.9. The Morgan fingerprint density at radius 2 is 2.10 bits per heavy atom. The molecular formula is C14H21N5O2. The van der Waals surface area contributed by atoms with Gasteiger partial charge in [0, 0.05) is 18.5 Å². The molecule has 1 N–H and O–H groups in total. The Morgan fingerprint density at radius 3 is 2.67 bits per heavy atom. The maximum Gasteiger partial charge on any atom is 0.251 e. The maximum atomic E-state index is 11.5. The first-order chi connectivity index (χ1) is 9.97. The van der Waals surface area contributed by atoms with Gasteiger partial charge in [0.05, 0.1) is 12.2 Å². The number of rotatable bonds is 6. The summed E-state index contributed by atoms with van der Waals surface area (Å²) < 4.78 is 5.25. The number of aromatic nitrogens is 4. The Morgan fingerprint density at radius 1 is 1.33 bits per heavy atom. The minimum atomic E-state index is -0.131. The van der Waals surface area contributed by atoms with Crippen molar-refractivity contribution in [1.82, 2.24) is 25.0 Å². The van der Waals surface area contributed by atoms with E-state index in [0.717, 1.165) is 12.2 Å². The van der Waals surface area contributed by atoms with Crippen molar-refractivity contribution in [3.8, 4) is 0 Å². The van der Waals surface area contributed by atoms with Crippen LogP contribution in [0.4, 0.5) is 0 Å². The molecule has 0 aromatic carbocycles. The van der Waals surface area contributed by atoms with Gasteiger partial charge < -0.3 is 9.51 Å². The predicted molar refractivity (Wildman–Crippen MR) is 77.8 cm³/mol. The van der Waals surface area contributed by atoms with Gasteiger partial charge in [0.15, 0.2) is 5.82 Å². The first kappa shape index (κ1) is 15.4. The van der Waals surface area contributed by atoms with Crippen molar-refractivity contribution in [2.24, 2.45) is 0 Å². The third-order valence-electron chi connectivity index (χ3n) is 3.11. The Labute approximate surface area is 123 Å². The Bertz CT molecular complexity index is 647. The smallest absolute Gasteiger partial charge is 0.251 e. The summed E-state index contributed by atoms with van der Waals surface area (Å²) in [4.78, 5) is 24.9. The molecule has 21 heavy (non-hydrogen) atoms. The highest BCUT2D eigenvalue weighted by atomic mass is 16.5. The second-order valence-corrected chi connectivity index (χ2v) is 5.33. The predicted octanol–water partition coefficient (Wildman–Crippen LogP) is 1.61. The number of aromatic amines is 1. The van der Waals surface area contributed by atoms with Crippen molar-refractivity contribution in [3.05, 3.63) is 39.7 Å². The molecule has 2 aromatic heterocycles. The van der Waals surface area contributed by atoms with E-state index in [2.05, 4.69) is 25.0 Å². The monoisotopic (exact) mass is 291 g/mol. The van der Waals surface area contributed by atoms with Gasteiger partial charge in [0.2, 0.25) is 5.89 Å². The lowest BCUT2D eigenvalue weighted by molar-refractivity contribution is 0.226. The zero-order chi connectivity index (χ0) is 15.4. The molecule has 0 saturated heterocycles. The molecule has 0 fully saturated rings. The number of nitrogens with one attached hydrogen (secondary N) is 1. The molecule has 0 radical (unpaired) electrons. The summed E-state index contributed by atoms with van der Waals surface area (Å²) >= 11 is 0. The molecule has 7 heteroatoms. The Balaban J connectivity index is 2.07. The average Bonchev–Trinajstić information content (AvgIpc) is 2.85. The summed E-state index contributed by atoms with van der Waals surface area (Å²) in [5, 5.41) is 3.95. The van der Waals surface area contributed by atoms with Crippen molar-refractivity contribution >= 4 is 0 Å². The van der Waals surface area contributed by atoms with Gasteiger partial charge in [0.1, 0.15) is 5.82 Å². The van der Waals surface area contributed by atoms with Crippen molar-refractivity contribution < 1.29 is 4.52 Å². The normalized spacial score (nSPS) is 11.5. The molecule has 0 aliphatic carbocycles. The zero-order valence-corrected chi connectivity index (χ0v) is 12.9. The minimum absolute atomic E-state index is 0.131. The minimum Gasteiger partial charge on any atom is -0.338 e. The van der Waals surface area contributed by atoms with E-state index in [-0.39, 0.29) is 11.5 Å². The topological polar surface area (TPSA) is 87.9 Å². The molecule has 0 unspecified atom stereocenters. The summed E-state index contributed by atoms with van der Waals surface area (Å²) in [5.41, 5.74) is 0.607. The summed E-state index contributed by atoms with van der Waals surface area (Å²) in [5.74, 6) is 2.16. The molecule has 0 atom stereocenters. The quantitative estimate of drug-likeness (QED) is 0.870. The Kier molecular flexibility index (Phi) is 4.85. The molecule has 2 heterocycles. The molecule has 2 aromatic rings. The number of nitrogens with zero attached hydrogens (tertiary/aromatic N) is 4. The second-order valence-electron chi connectivity index (χ2n) is 5.33. The van der Waals surface area contributed by atoms with Gasteiger partial charge in [-0.05, 0) is 13.5 Å². The van der Waals surface area contributed by atoms with E-state index in [9.17, 15) is 4.79 Å². The van der Waals surface area contributed by atoms with Crippen LogP contribution in [-0.2, 0) is 13.1 Å². The standard InChI is InChI=1S/C14H21N5O2/c1-5-19(7-11-6-12(20)16-10(4)15-11)8-13-17-14(9(2)3)18-21-13/h6,9H,5,7-8H2,1-4H3,(H,15,16,20). The highest BCUT2D eigenvalue weighted by Gasteiger charge is 2.14. The van der Waals surface area contributed by atoms with Crippen LogP contribution in [0, 0.1) is 6.92 Å². The third-order valence-corrected chi connectivity index (χ3v) is 3.11. The summed E-state index contributed by atoms with van der Waals surface area (Å²) in [7, 11) is 0. The van der Waals surface area contributed by atoms with E-state index in [1.165, 1.54) is 6.07 Å². The van der Waals surface area contributed by atoms with Gasteiger partial charge in [-0.2, -0.15) is 4.98 Å². The molecule has 0 aliphatic heterocycles. The first-order valence-corrected chi connectivity index (χ1v) is 7.09. The number of H-pyrrole nitrogens is 1. The van der Waals surface area contributed by atoms with Crippen molar-refractivity contribution in [1.29, 1.82) is 0 Å². The van der Waals surface area contributed by atoms with Crippen LogP contribution in [0.25, 0.3) is 0 Å². The van der Waals surface area contributed by atoms with Gasteiger partial charge in [-0.15, -0.1) is 0 Å². The van der Waals surface area contributed by atoms with Gasteiger partial charge in [0.25, 0.3) is 5.56 Å². The second kappa shape index (κ2) is 6.62. The molecule has 0 amide bonds. The lowest BCUT2D eigenvalue weighted by Crippen LogP contribution is -2.24. The number of hydrogen-bond donors (Lipinski definition) is 1. The lowest BCUT2D eigenvalue weighted by atomic mass is 10.2. The first-order valence-electron chi connectivity index (χ1n) is 7.09. The molecule has 0 aliphatic rings. The fraction of sp³-hybridized carbons (Fsp3) is 0.571. The fourth-order valence-corrected chi connectivity index (χ4v) is 1.99. The largest absolute Gasteiger partial charge is 0.338 e. The molecule has 0 spiro atoms. The van der Waals surface area contributed by atoms with Crippen LogP contribution in [0.3, 0.4) is 0 Å². The van der Waals surface area contributed by atoms with Crippen LogP contribution in [0.2, 0.25) is 0 Å². The van der Waals surface area contributed by atoms with E-state index in [1.54, 1.807) is 6.92 Å². The van der Waals surface area contributed by atoms with E-state index in [0.29, 0.717) is 30.6 Å². The van der Waals surface area contributed by atoms with Crippen LogP contribution in [0.5, 0.6) is 0 Å². The van der Waals surface area contributed by atoms with Gasteiger partial charge in [-0.3, -0.25) is 9.69 Å². The van der Waals surface area contributed by atoms with Gasteiger partial charge in [-0.25, -0.2) is 4.98 Å². The average molecular weight is 291 g/mol.